The number of hydrogen-bond acceptors (Lipinski definition) is 5. The average molecular weight is 440 g/mol. The van der Waals surface area contributed by atoms with E-state index in [1.165, 1.54) is 17.0 Å². The van der Waals surface area contributed by atoms with Gasteiger partial charge < -0.3 is 0 Å². The molecule has 0 atom stereocenters. The summed E-state index contributed by atoms with van der Waals surface area (Å²) in [6.45, 7) is 5.46. The Kier molecular flexibility index (Phi) is 5.29. The van der Waals surface area contributed by atoms with Gasteiger partial charge in [-0.25, -0.2) is 9.97 Å². The lowest BCUT2D eigenvalue weighted by Gasteiger charge is -2.16. The Labute approximate surface area is 180 Å². The number of anilines is 1. The van der Waals surface area contributed by atoms with Crippen molar-refractivity contribution in [2.75, 3.05) is 5.43 Å². The molecule has 164 valence electrons. The molecule has 0 bridgehead atoms. The molecule has 0 radical (unpaired) electrons. The van der Waals surface area contributed by atoms with Gasteiger partial charge >= 0.3 is 6.18 Å². The molecule has 3 heterocycles. The minimum absolute atomic E-state index is 0.175. The highest BCUT2D eigenvalue weighted by Crippen LogP contribution is 2.28. The second kappa shape index (κ2) is 7.95. The molecule has 0 amide bonds. The summed E-state index contributed by atoms with van der Waals surface area (Å²) in [6.07, 6.45) is -2.18. The van der Waals surface area contributed by atoms with Crippen LogP contribution in [0.2, 0.25) is 0 Å². The van der Waals surface area contributed by atoms with Gasteiger partial charge in [-0.15, -0.1) is 0 Å². The van der Waals surface area contributed by atoms with Gasteiger partial charge in [-0.2, -0.15) is 22.9 Å². The number of hydrogen-bond donors (Lipinski definition) is 1. The third kappa shape index (κ3) is 3.86. The van der Waals surface area contributed by atoms with E-state index >= 15 is 0 Å². The molecule has 0 spiro atoms. The Morgan fingerprint density at radius 2 is 1.81 bits per heavy atom. The van der Waals surface area contributed by atoms with Crippen LogP contribution in [0.25, 0.3) is 10.9 Å². The minimum atomic E-state index is -4.44. The van der Waals surface area contributed by atoms with Crippen LogP contribution < -0.4 is 11.0 Å². The summed E-state index contributed by atoms with van der Waals surface area (Å²) in [4.78, 5) is 21.4. The van der Waals surface area contributed by atoms with Crippen molar-refractivity contribution < 1.29 is 13.2 Å². The first-order valence-electron chi connectivity index (χ1n) is 9.67. The standard InChI is InChI=1S/C22H19F3N6O/c1-13-10-16(11-27-29-20-9-8-17(12-26-20)22(23,24)25)14(2)30(13)31-15(3)28-19-7-5-4-6-18(19)21(31)32/h4-12H,1-3H3,(H,26,29). The number of pyridine rings is 1. The summed E-state index contributed by atoms with van der Waals surface area (Å²) >= 11 is 0. The van der Waals surface area contributed by atoms with Crippen LogP contribution in [0.15, 0.2) is 58.6 Å². The normalized spacial score (nSPS) is 12.1. The maximum Gasteiger partial charge on any atom is 0.417 e. The Hall–Kier alpha value is -3.95. The molecule has 3 aromatic heterocycles. The summed E-state index contributed by atoms with van der Waals surface area (Å²) in [5, 5.41) is 4.58. The number of aromatic nitrogens is 4. The van der Waals surface area contributed by atoms with Gasteiger partial charge in [-0.3, -0.25) is 14.9 Å². The number of aryl methyl sites for hydroxylation is 2. The zero-order valence-corrected chi connectivity index (χ0v) is 17.5. The van der Waals surface area contributed by atoms with Gasteiger partial charge in [0.1, 0.15) is 11.6 Å². The molecule has 0 saturated carbocycles. The number of fused-ring (bicyclic) bond motifs is 1. The predicted molar refractivity (Wildman–Crippen MR) is 116 cm³/mol. The highest BCUT2D eigenvalue weighted by molar-refractivity contribution is 5.82. The number of nitrogens with zero attached hydrogens (tertiary/aromatic N) is 5. The number of alkyl halides is 3. The summed E-state index contributed by atoms with van der Waals surface area (Å²) in [5.74, 6) is 0.708. The largest absolute Gasteiger partial charge is 0.417 e. The van der Waals surface area contributed by atoms with E-state index in [0.29, 0.717) is 16.7 Å². The van der Waals surface area contributed by atoms with E-state index in [-0.39, 0.29) is 11.4 Å². The Balaban J connectivity index is 1.64. The smallest absolute Gasteiger partial charge is 0.267 e. The van der Waals surface area contributed by atoms with Crippen LogP contribution in [-0.2, 0) is 6.18 Å². The highest BCUT2D eigenvalue weighted by atomic mass is 19.4. The molecule has 7 nitrogen and oxygen atoms in total. The van der Waals surface area contributed by atoms with Gasteiger partial charge in [-0.05, 0) is 51.1 Å². The van der Waals surface area contributed by atoms with Gasteiger partial charge in [0.2, 0.25) is 0 Å². The van der Waals surface area contributed by atoms with E-state index in [1.807, 2.05) is 26.0 Å². The number of benzene rings is 1. The Bertz CT molecular complexity index is 1380. The number of para-hydroxylation sites is 1. The van der Waals surface area contributed by atoms with Crippen LogP contribution in [0.3, 0.4) is 0 Å². The van der Waals surface area contributed by atoms with Crippen LogP contribution in [0.4, 0.5) is 19.0 Å². The molecule has 10 heteroatoms. The summed E-state index contributed by atoms with van der Waals surface area (Å²) in [6, 6.07) is 11.1. The van der Waals surface area contributed by atoms with E-state index in [4.69, 9.17) is 0 Å². The van der Waals surface area contributed by atoms with E-state index in [0.717, 1.165) is 29.2 Å². The van der Waals surface area contributed by atoms with Crippen molar-refractivity contribution in [1.82, 2.24) is 19.3 Å². The molecule has 0 fully saturated rings. The molecule has 0 aliphatic carbocycles. The first-order valence-corrected chi connectivity index (χ1v) is 9.67. The van der Waals surface area contributed by atoms with Crippen molar-refractivity contribution >= 4 is 22.9 Å². The molecule has 0 aliphatic rings. The molecular weight excluding hydrogens is 421 g/mol. The van der Waals surface area contributed by atoms with Crippen molar-refractivity contribution in [2.24, 2.45) is 5.10 Å². The fourth-order valence-electron chi connectivity index (χ4n) is 3.48. The monoisotopic (exact) mass is 440 g/mol. The lowest BCUT2D eigenvalue weighted by Crippen LogP contribution is -2.30. The number of hydrazone groups is 1. The average Bonchev–Trinajstić information content (AvgIpc) is 3.01. The van der Waals surface area contributed by atoms with Crippen molar-refractivity contribution in [3.63, 3.8) is 0 Å². The minimum Gasteiger partial charge on any atom is -0.267 e. The zero-order valence-electron chi connectivity index (χ0n) is 17.5. The van der Waals surface area contributed by atoms with Gasteiger partial charge in [0.15, 0.2) is 0 Å². The van der Waals surface area contributed by atoms with Crippen LogP contribution in [-0.4, -0.2) is 25.5 Å². The summed E-state index contributed by atoms with van der Waals surface area (Å²) < 4.78 is 41.2. The third-order valence-corrected chi connectivity index (χ3v) is 5.02. The van der Waals surface area contributed by atoms with Crippen LogP contribution >= 0.6 is 0 Å². The van der Waals surface area contributed by atoms with Crippen LogP contribution in [0.1, 0.15) is 28.3 Å². The maximum atomic E-state index is 13.1. The molecule has 0 aliphatic heterocycles. The number of halogens is 3. The topological polar surface area (TPSA) is 77.1 Å². The summed E-state index contributed by atoms with van der Waals surface area (Å²) in [7, 11) is 0. The zero-order chi connectivity index (χ0) is 23.0. The molecule has 4 rings (SSSR count). The molecular formula is C22H19F3N6O. The molecule has 0 unspecified atom stereocenters. The van der Waals surface area contributed by atoms with Crippen molar-refractivity contribution in [2.45, 2.75) is 26.9 Å². The van der Waals surface area contributed by atoms with Crippen molar-refractivity contribution in [3.05, 3.63) is 87.4 Å². The quantitative estimate of drug-likeness (QED) is 0.379. The van der Waals surface area contributed by atoms with Crippen molar-refractivity contribution in [3.8, 4) is 0 Å². The predicted octanol–water partition coefficient (Wildman–Crippen LogP) is 4.29. The molecule has 4 aromatic rings. The fourth-order valence-corrected chi connectivity index (χ4v) is 3.48. The third-order valence-electron chi connectivity index (χ3n) is 5.02. The second-order valence-corrected chi connectivity index (χ2v) is 7.23. The van der Waals surface area contributed by atoms with Gasteiger partial charge in [-0.1, -0.05) is 12.1 Å². The highest BCUT2D eigenvalue weighted by Gasteiger charge is 2.30. The second-order valence-electron chi connectivity index (χ2n) is 7.23. The lowest BCUT2D eigenvalue weighted by atomic mass is 10.2. The van der Waals surface area contributed by atoms with Gasteiger partial charge in [0.25, 0.3) is 5.56 Å². The first kappa shape index (κ1) is 21.3. The summed E-state index contributed by atoms with van der Waals surface area (Å²) in [5.41, 5.74) is 4.48. The number of rotatable bonds is 4. The van der Waals surface area contributed by atoms with E-state index in [9.17, 15) is 18.0 Å². The van der Waals surface area contributed by atoms with E-state index in [1.54, 1.807) is 29.8 Å². The van der Waals surface area contributed by atoms with E-state index in [2.05, 4.69) is 20.5 Å². The fraction of sp³-hybridized carbons (Fsp3) is 0.182. The molecule has 0 saturated heterocycles. The molecule has 32 heavy (non-hydrogen) atoms. The van der Waals surface area contributed by atoms with Crippen LogP contribution in [0, 0.1) is 20.8 Å². The molecule has 1 N–H and O–H groups in total. The van der Waals surface area contributed by atoms with Gasteiger partial charge in [0, 0.05) is 23.1 Å². The van der Waals surface area contributed by atoms with Gasteiger partial charge in [0.05, 0.1) is 22.7 Å². The SMILES string of the molecule is Cc1cc(C=NNc2ccc(C(F)(F)F)cn2)c(C)n1-n1c(C)nc2ccccc2c1=O. The number of nitrogens with one attached hydrogen (secondary N) is 1. The van der Waals surface area contributed by atoms with Crippen LogP contribution in [0.5, 0.6) is 0 Å². The first-order chi connectivity index (χ1) is 15.2. The lowest BCUT2D eigenvalue weighted by molar-refractivity contribution is -0.137. The Morgan fingerprint density at radius 1 is 1.06 bits per heavy atom. The molecule has 1 aromatic carbocycles. The van der Waals surface area contributed by atoms with Crippen molar-refractivity contribution in [1.29, 1.82) is 0 Å². The Morgan fingerprint density at radius 3 is 2.50 bits per heavy atom. The maximum absolute atomic E-state index is 13.1. The van der Waals surface area contributed by atoms with E-state index < -0.39 is 11.7 Å².